The number of carbonyl (C=O) groups is 2. The van der Waals surface area contributed by atoms with Gasteiger partial charge < -0.3 is 10.2 Å². The first kappa shape index (κ1) is 32.7. The summed E-state index contributed by atoms with van der Waals surface area (Å²) in [5, 5.41) is 3.24. The van der Waals surface area contributed by atoms with E-state index in [2.05, 4.69) is 27.9 Å². The summed E-state index contributed by atoms with van der Waals surface area (Å²) in [4.78, 5) is 30.3. The summed E-state index contributed by atoms with van der Waals surface area (Å²) >= 11 is 2.16. The quantitative estimate of drug-likeness (QED) is 0.167. The summed E-state index contributed by atoms with van der Waals surface area (Å²) in [5.74, 6) is -0.682. The molecule has 1 saturated carbocycles. The van der Waals surface area contributed by atoms with Crippen LogP contribution in [0.1, 0.15) is 43.2 Å². The Morgan fingerprint density at radius 3 is 1.91 bits per heavy atom. The van der Waals surface area contributed by atoms with Crippen molar-refractivity contribution in [3.8, 4) is 0 Å². The van der Waals surface area contributed by atoms with E-state index in [1.807, 2.05) is 72.8 Å². The van der Waals surface area contributed by atoms with Crippen LogP contribution >= 0.6 is 22.6 Å². The predicted octanol–water partition coefficient (Wildman–Crippen LogP) is 6.58. The van der Waals surface area contributed by atoms with Gasteiger partial charge in [0.1, 0.15) is 12.6 Å². The van der Waals surface area contributed by atoms with Crippen LogP contribution in [0.4, 0.5) is 5.69 Å². The first-order valence-corrected chi connectivity index (χ1v) is 17.8. The molecule has 0 bridgehead atoms. The second-order valence-electron chi connectivity index (χ2n) is 11.4. The molecule has 0 spiro atoms. The van der Waals surface area contributed by atoms with Gasteiger partial charge in [-0.25, -0.2) is 8.42 Å². The Hall–Kier alpha value is -3.70. The van der Waals surface area contributed by atoms with Gasteiger partial charge in [0.2, 0.25) is 11.8 Å². The molecule has 2 amide bonds. The summed E-state index contributed by atoms with van der Waals surface area (Å²) in [6, 6.07) is 33.5. The Kier molecular flexibility index (Phi) is 11.3. The number of nitrogens with one attached hydrogen (secondary N) is 1. The second kappa shape index (κ2) is 15.5. The lowest BCUT2D eigenvalue weighted by molar-refractivity contribution is -0.140. The molecular formula is C36H38IN3O4S. The van der Waals surface area contributed by atoms with Crippen molar-refractivity contribution in [2.24, 2.45) is 0 Å². The maximum atomic E-state index is 14.5. The van der Waals surface area contributed by atoms with E-state index >= 15 is 0 Å². The molecule has 0 radical (unpaired) electrons. The Bertz CT molecular complexity index is 1650. The largest absolute Gasteiger partial charge is 0.352 e. The average Bonchev–Trinajstić information content (AvgIpc) is 3.07. The number of halogens is 1. The molecule has 5 rings (SSSR count). The third-order valence-corrected chi connectivity index (χ3v) is 10.7. The zero-order chi connectivity index (χ0) is 31.6. The van der Waals surface area contributed by atoms with E-state index in [0.29, 0.717) is 12.1 Å². The Balaban J connectivity index is 1.54. The molecule has 0 heterocycles. The maximum absolute atomic E-state index is 14.5. The van der Waals surface area contributed by atoms with Crippen LogP contribution in [-0.2, 0) is 32.6 Å². The predicted molar refractivity (Wildman–Crippen MR) is 186 cm³/mol. The van der Waals surface area contributed by atoms with Crippen LogP contribution < -0.4 is 9.62 Å². The van der Waals surface area contributed by atoms with Crippen molar-refractivity contribution in [3.05, 3.63) is 130 Å². The van der Waals surface area contributed by atoms with Crippen molar-refractivity contribution < 1.29 is 18.0 Å². The van der Waals surface area contributed by atoms with Crippen molar-refractivity contribution >= 4 is 50.1 Å². The maximum Gasteiger partial charge on any atom is 0.264 e. The van der Waals surface area contributed by atoms with Crippen molar-refractivity contribution in [3.63, 3.8) is 0 Å². The normalized spacial score (nSPS) is 14.3. The molecule has 7 nitrogen and oxygen atoms in total. The number of benzene rings is 4. The standard InChI is InChI=1S/C36H38IN3O4S/c37-30-21-23-32(24-22-30)40(45(43,44)33-19-11-4-12-20-33)27-35(41)39(26-29-15-7-2-8-16-29)34(25-28-13-5-1-6-14-28)36(42)38-31-17-9-3-10-18-31/h1-2,4-8,11-16,19-24,31,34H,3,9-10,17-18,25-27H2,(H,38,42)/t34-/m1/s1. The number of amides is 2. The van der Waals surface area contributed by atoms with Gasteiger partial charge in [-0.2, -0.15) is 0 Å². The lowest BCUT2D eigenvalue weighted by Crippen LogP contribution is -2.55. The second-order valence-corrected chi connectivity index (χ2v) is 14.5. The van der Waals surface area contributed by atoms with Gasteiger partial charge in [-0.1, -0.05) is 98.1 Å². The van der Waals surface area contributed by atoms with Crippen LogP contribution in [-0.4, -0.2) is 43.8 Å². The van der Waals surface area contributed by atoms with Gasteiger partial charge in [-0.15, -0.1) is 0 Å². The number of hydrogen-bond acceptors (Lipinski definition) is 4. The fraction of sp³-hybridized carbons (Fsp3) is 0.278. The van der Waals surface area contributed by atoms with Crippen LogP contribution in [0.5, 0.6) is 0 Å². The van der Waals surface area contributed by atoms with E-state index in [1.165, 1.54) is 12.1 Å². The molecule has 0 unspecified atom stereocenters. The highest BCUT2D eigenvalue weighted by Gasteiger charge is 2.35. The molecule has 1 atom stereocenters. The molecule has 1 aliphatic carbocycles. The number of carbonyl (C=O) groups excluding carboxylic acids is 2. The lowest BCUT2D eigenvalue weighted by atomic mass is 9.94. The van der Waals surface area contributed by atoms with Gasteiger partial charge in [0.05, 0.1) is 10.6 Å². The number of hydrogen-bond donors (Lipinski definition) is 1. The molecular weight excluding hydrogens is 697 g/mol. The van der Waals surface area contributed by atoms with E-state index < -0.39 is 28.5 Å². The summed E-state index contributed by atoms with van der Waals surface area (Å²) in [7, 11) is -4.11. The average molecular weight is 736 g/mol. The minimum atomic E-state index is -4.11. The number of rotatable bonds is 12. The number of nitrogens with zero attached hydrogens (tertiary/aromatic N) is 2. The highest BCUT2D eigenvalue weighted by molar-refractivity contribution is 14.1. The van der Waals surface area contributed by atoms with E-state index in [-0.39, 0.29) is 23.4 Å². The van der Waals surface area contributed by atoms with Crippen LogP contribution in [0.25, 0.3) is 0 Å². The molecule has 4 aromatic carbocycles. The fourth-order valence-corrected chi connectivity index (χ4v) is 7.53. The van der Waals surface area contributed by atoms with Crippen molar-refractivity contribution in [2.75, 3.05) is 10.8 Å². The highest BCUT2D eigenvalue weighted by atomic mass is 127. The van der Waals surface area contributed by atoms with Crippen molar-refractivity contribution in [1.82, 2.24) is 10.2 Å². The van der Waals surface area contributed by atoms with Gasteiger partial charge in [-0.3, -0.25) is 13.9 Å². The summed E-state index contributed by atoms with van der Waals surface area (Å²) in [6.45, 7) is -0.312. The molecule has 45 heavy (non-hydrogen) atoms. The minimum Gasteiger partial charge on any atom is -0.352 e. The van der Waals surface area contributed by atoms with Crippen molar-refractivity contribution in [1.29, 1.82) is 0 Å². The molecule has 234 valence electrons. The lowest BCUT2D eigenvalue weighted by Gasteiger charge is -2.35. The molecule has 1 fully saturated rings. The molecule has 4 aromatic rings. The fourth-order valence-electron chi connectivity index (χ4n) is 5.73. The number of anilines is 1. The first-order chi connectivity index (χ1) is 21.8. The molecule has 9 heteroatoms. The van der Waals surface area contributed by atoms with Crippen LogP contribution in [0.15, 0.2) is 120 Å². The molecule has 0 aromatic heterocycles. The zero-order valence-electron chi connectivity index (χ0n) is 25.1. The third-order valence-electron chi connectivity index (χ3n) is 8.14. The van der Waals surface area contributed by atoms with E-state index in [1.54, 1.807) is 35.2 Å². The highest BCUT2D eigenvalue weighted by Crippen LogP contribution is 2.26. The molecule has 0 saturated heterocycles. The Labute approximate surface area is 279 Å². The zero-order valence-corrected chi connectivity index (χ0v) is 28.1. The van der Waals surface area contributed by atoms with Crippen LogP contribution in [0.2, 0.25) is 0 Å². The Morgan fingerprint density at radius 2 is 1.31 bits per heavy atom. The van der Waals surface area contributed by atoms with Gasteiger partial charge in [-0.05, 0) is 83.0 Å². The van der Waals surface area contributed by atoms with Gasteiger partial charge in [0, 0.05) is 22.6 Å². The summed E-state index contributed by atoms with van der Waals surface area (Å²) in [5.41, 5.74) is 2.14. The van der Waals surface area contributed by atoms with Crippen LogP contribution in [0, 0.1) is 3.57 Å². The topological polar surface area (TPSA) is 86.8 Å². The van der Waals surface area contributed by atoms with E-state index in [4.69, 9.17) is 0 Å². The monoisotopic (exact) mass is 735 g/mol. The van der Waals surface area contributed by atoms with Gasteiger partial charge in [0.25, 0.3) is 10.0 Å². The van der Waals surface area contributed by atoms with E-state index in [0.717, 1.165) is 51.1 Å². The molecule has 0 aliphatic heterocycles. The third kappa shape index (κ3) is 8.73. The number of sulfonamides is 1. The minimum absolute atomic E-state index is 0.0555. The SMILES string of the molecule is O=C(NC1CCCCC1)[C@@H](Cc1ccccc1)N(Cc1ccccc1)C(=O)CN(c1ccc(I)cc1)S(=O)(=O)c1ccccc1. The molecule has 1 aliphatic rings. The smallest absolute Gasteiger partial charge is 0.264 e. The van der Waals surface area contributed by atoms with E-state index in [9.17, 15) is 18.0 Å². The summed E-state index contributed by atoms with van der Waals surface area (Å²) in [6.07, 6.45) is 5.39. The van der Waals surface area contributed by atoms with Gasteiger partial charge >= 0.3 is 0 Å². The van der Waals surface area contributed by atoms with Gasteiger partial charge in [0.15, 0.2) is 0 Å². The van der Waals surface area contributed by atoms with Crippen LogP contribution in [0.3, 0.4) is 0 Å². The summed E-state index contributed by atoms with van der Waals surface area (Å²) < 4.78 is 30.2. The molecule has 1 N–H and O–H groups in total. The van der Waals surface area contributed by atoms with Crippen molar-refractivity contribution in [2.45, 2.75) is 62.0 Å². The Morgan fingerprint density at radius 1 is 0.756 bits per heavy atom. The first-order valence-electron chi connectivity index (χ1n) is 15.3.